The smallest absolute Gasteiger partial charge is 0.0576 e. The molecule has 94 valence electrons. The molecule has 0 amide bonds. The molecule has 0 bridgehead atoms. The molecule has 0 radical (unpaired) electrons. The molecule has 1 atom stereocenters. The second kappa shape index (κ2) is 6.41. The fourth-order valence-electron chi connectivity index (χ4n) is 2.19. The average Bonchev–Trinajstić information content (AvgIpc) is 2.82. The molecule has 1 aliphatic heterocycles. The minimum Gasteiger partial charge on any atom is -0.385 e. The van der Waals surface area contributed by atoms with Crippen LogP contribution in [0.5, 0.6) is 0 Å². The first-order valence-electron chi connectivity index (χ1n) is 6.37. The Morgan fingerprint density at radius 1 is 1.47 bits per heavy atom. The molecule has 1 unspecified atom stereocenters. The van der Waals surface area contributed by atoms with Gasteiger partial charge in [-0.1, -0.05) is 15.9 Å². The third kappa shape index (κ3) is 4.00. The molecule has 2 nitrogen and oxygen atoms in total. The van der Waals surface area contributed by atoms with Gasteiger partial charge in [-0.2, -0.15) is 0 Å². The zero-order chi connectivity index (χ0) is 12.1. The Hall–Kier alpha value is -0.540. The predicted molar refractivity (Wildman–Crippen MR) is 75.6 cm³/mol. The Morgan fingerprint density at radius 2 is 2.35 bits per heavy atom. The zero-order valence-electron chi connectivity index (χ0n) is 10.3. The quantitative estimate of drug-likeness (QED) is 0.825. The van der Waals surface area contributed by atoms with Gasteiger partial charge in [0.2, 0.25) is 0 Å². The number of nitrogens with one attached hydrogen (secondary N) is 1. The first-order valence-corrected chi connectivity index (χ1v) is 7.16. The number of rotatable bonds is 5. The lowest BCUT2D eigenvalue weighted by molar-refractivity contribution is 0.103. The van der Waals surface area contributed by atoms with Crippen molar-refractivity contribution >= 4 is 21.6 Å². The molecule has 1 aromatic carbocycles. The lowest BCUT2D eigenvalue weighted by Gasteiger charge is -2.11. The zero-order valence-corrected chi connectivity index (χ0v) is 11.9. The first kappa shape index (κ1) is 12.9. The van der Waals surface area contributed by atoms with E-state index in [2.05, 4.69) is 46.4 Å². The molecule has 1 saturated heterocycles. The standard InChI is InChI=1S/C14H20BrNO/c1-11-10-12(6-7-14(11)15)16-8-2-4-13-5-3-9-17-13/h6-7,10,13,16H,2-5,8-9H2,1H3. The van der Waals surface area contributed by atoms with E-state index in [4.69, 9.17) is 4.74 Å². The van der Waals surface area contributed by atoms with Crippen LogP contribution in [0, 0.1) is 6.92 Å². The highest BCUT2D eigenvalue weighted by molar-refractivity contribution is 9.10. The number of benzene rings is 1. The topological polar surface area (TPSA) is 21.3 Å². The van der Waals surface area contributed by atoms with E-state index < -0.39 is 0 Å². The van der Waals surface area contributed by atoms with Crippen molar-refractivity contribution < 1.29 is 4.74 Å². The highest BCUT2D eigenvalue weighted by Gasteiger charge is 2.14. The molecule has 0 spiro atoms. The fourth-order valence-corrected chi connectivity index (χ4v) is 2.44. The van der Waals surface area contributed by atoms with E-state index in [1.165, 1.54) is 41.4 Å². The average molecular weight is 298 g/mol. The van der Waals surface area contributed by atoms with Crippen molar-refractivity contribution in [1.82, 2.24) is 0 Å². The largest absolute Gasteiger partial charge is 0.385 e. The van der Waals surface area contributed by atoms with E-state index in [1.807, 2.05) is 0 Å². The van der Waals surface area contributed by atoms with Gasteiger partial charge in [0, 0.05) is 23.3 Å². The number of hydrogen-bond acceptors (Lipinski definition) is 2. The molecule has 1 fully saturated rings. The molecule has 0 saturated carbocycles. The van der Waals surface area contributed by atoms with Gasteiger partial charge in [0.1, 0.15) is 0 Å². The van der Waals surface area contributed by atoms with Crippen LogP contribution < -0.4 is 5.32 Å². The van der Waals surface area contributed by atoms with Crippen molar-refractivity contribution in [2.45, 2.75) is 38.7 Å². The number of hydrogen-bond donors (Lipinski definition) is 1. The van der Waals surface area contributed by atoms with Crippen molar-refractivity contribution in [2.75, 3.05) is 18.5 Å². The van der Waals surface area contributed by atoms with E-state index in [-0.39, 0.29) is 0 Å². The Morgan fingerprint density at radius 3 is 3.06 bits per heavy atom. The maximum absolute atomic E-state index is 5.61. The van der Waals surface area contributed by atoms with Crippen molar-refractivity contribution in [3.05, 3.63) is 28.2 Å². The normalized spacial score (nSPS) is 19.5. The van der Waals surface area contributed by atoms with E-state index in [1.54, 1.807) is 0 Å². The fraction of sp³-hybridized carbons (Fsp3) is 0.571. The van der Waals surface area contributed by atoms with Gasteiger partial charge >= 0.3 is 0 Å². The van der Waals surface area contributed by atoms with Crippen LogP contribution in [0.3, 0.4) is 0 Å². The molecular formula is C14H20BrNO. The molecule has 1 aromatic rings. The highest BCUT2D eigenvalue weighted by atomic mass is 79.9. The minimum atomic E-state index is 0.517. The Kier molecular flexibility index (Phi) is 4.86. The maximum atomic E-state index is 5.61. The molecule has 1 aliphatic rings. The van der Waals surface area contributed by atoms with Crippen molar-refractivity contribution in [2.24, 2.45) is 0 Å². The number of halogens is 1. The van der Waals surface area contributed by atoms with Gasteiger partial charge in [0.15, 0.2) is 0 Å². The predicted octanol–water partition coefficient (Wildman–Crippen LogP) is 4.13. The van der Waals surface area contributed by atoms with Gasteiger partial charge in [-0.15, -0.1) is 0 Å². The third-order valence-corrected chi connectivity index (χ3v) is 4.10. The highest BCUT2D eigenvalue weighted by Crippen LogP contribution is 2.20. The van der Waals surface area contributed by atoms with E-state index in [9.17, 15) is 0 Å². The van der Waals surface area contributed by atoms with Crippen LogP contribution >= 0.6 is 15.9 Å². The van der Waals surface area contributed by atoms with Crippen LogP contribution in [0.1, 0.15) is 31.2 Å². The van der Waals surface area contributed by atoms with Crippen LogP contribution in [0.15, 0.2) is 22.7 Å². The summed E-state index contributed by atoms with van der Waals surface area (Å²) >= 11 is 3.51. The molecule has 0 aliphatic carbocycles. The molecular weight excluding hydrogens is 278 g/mol. The summed E-state index contributed by atoms with van der Waals surface area (Å²) in [6.07, 6.45) is 5.37. The van der Waals surface area contributed by atoms with Gasteiger partial charge < -0.3 is 10.1 Å². The summed E-state index contributed by atoms with van der Waals surface area (Å²) in [7, 11) is 0. The summed E-state index contributed by atoms with van der Waals surface area (Å²) < 4.78 is 6.77. The van der Waals surface area contributed by atoms with Gasteiger partial charge in [0.05, 0.1) is 6.10 Å². The molecule has 3 heteroatoms. The van der Waals surface area contributed by atoms with E-state index in [0.29, 0.717) is 6.10 Å². The van der Waals surface area contributed by atoms with Crippen LogP contribution in [-0.2, 0) is 4.74 Å². The van der Waals surface area contributed by atoms with E-state index in [0.717, 1.165) is 13.2 Å². The lowest BCUT2D eigenvalue weighted by Crippen LogP contribution is -2.09. The molecule has 2 rings (SSSR count). The third-order valence-electron chi connectivity index (χ3n) is 3.21. The number of aryl methyl sites for hydroxylation is 1. The van der Waals surface area contributed by atoms with Crippen LogP contribution in [-0.4, -0.2) is 19.3 Å². The monoisotopic (exact) mass is 297 g/mol. The van der Waals surface area contributed by atoms with Crippen molar-refractivity contribution in [1.29, 1.82) is 0 Å². The van der Waals surface area contributed by atoms with Crippen LogP contribution in [0.4, 0.5) is 5.69 Å². The second-order valence-electron chi connectivity index (χ2n) is 4.67. The maximum Gasteiger partial charge on any atom is 0.0576 e. The Bertz CT molecular complexity index is 361. The summed E-state index contributed by atoms with van der Waals surface area (Å²) in [5.74, 6) is 0. The van der Waals surface area contributed by atoms with Crippen LogP contribution in [0.25, 0.3) is 0 Å². The van der Waals surface area contributed by atoms with Gasteiger partial charge in [-0.05, 0) is 56.4 Å². The molecule has 1 heterocycles. The van der Waals surface area contributed by atoms with E-state index >= 15 is 0 Å². The van der Waals surface area contributed by atoms with Crippen molar-refractivity contribution in [3.63, 3.8) is 0 Å². The number of anilines is 1. The van der Waals surface area contributed by atoms with Gasteiger partial charge in [0.25, 0.3) is 0 Å². The second-order valence-corrected chi connectivity index (χ2v) is 5.52. The molecule has 1 N–H and O–H groups in total. The summed E-state index contributed by atoms with van der Waals surface area (Å²) in [6, 6.07) is 6.39. The lowest BCUT2D eigenvalue weighted by atomic mass is 10.1. The minimum absolute atomic E-state index is 0.517. The summed E-state index contributed by atoms with van der Waals surface area (Å²) in [6.45, 7) is 4.10. The SMILES string of the molecule is Cc1cc(NCCCC2CCCO2)ccc1Br. The Labute approximate surface area is 112 Å². The Balaban J connectivity index is 1.68. The van der Waals surface area contributed by atoms with Crippen molar-refractivity contribution in [3.8, 4) is 0 Å². The molecule has 17 heavy (non-hydrogen) atoms. The summed E-state index contributed by atoms with van der Waals surface area (Å²) in [5.41, 5.74) is 2.48. The van der Waals surface area contributed by atoms with Gasteiger partial charge in [-0.25, -0.2) is 0 Å². The molecule has 0 aromatic heterocycles. The number of ether oxygens (including phenoxy) is 1. The summed E-state index contributed by atoms with van der Waals surface area (Å²) in [4.78, 5) is 0. The first-order chi connectivity index (χ1) is 8.25. The van der Waals surface area contributed by atoms with Gasteiger partial charge in [-0.3, -0.25) is 0 Å². The summed E-state index contributed by atoms with van der Waals surface area (Å²) in [5, 5.41) is 3.46. The van der Waals surface area contributed by atoms with Crippen LogP contribution in [0.2, 0.25) is 0 Å².